The zero-order valence-corrected chi connectivity index (χ0v) is 13.4. The van der Waals surface area contributed by atoms with Crippen LogP contribution in [0.4, 0.5) is 5.69 Å². The van der Waals surface area contributed by atoms with Crippen molar-refractivity contribution in [3.63, 3.8) is 0 Å². The Bertz CT molecular complexity index is 548. The molecule has 3 nitrogen and oxygen atoms in total. The summed E-state index contributed by atoms with van der Waals surface area (Å²) in [5.41, 5.74) is 2.94. The third kappa shape index (κ3) is 2.73. The molecule has 0 aromatic heterocycles. The van der Waals surface area contributed by atoms with Gasteiger partial charge in [0, 0.05) is 42.6 Å². The van der Waals surface area contributed by atoms with Gasteiger partial charge in [-0.05, 0) is 24.3 Å². The van der Waals surface area contributed by atoms with E-state index in [1.807, 2.05) is 55.6 Å². The molecule has 0 heterocycles. The van der Waals surface area contributed by atoms with Crippen LogP contribution in [0.25, 0.3) is 0 Å². The van der Waals surface area contributed by atoms with Crippen LogP contribution in [-0.2, 0) is 15.3 Å². The number of hydrogen-bond acceptors (Lipinski definition) is 3. The molecule has 2 aromatic carbocycles. The highest BCUT2D eigenvalue weighted by molar-refractivity contribution is 9.10. The maximum atomic E-state index is 5.71. The SMILES string of the molecule is CNc1ccc(C(OC)(OC)c2ccc(Br)cc2)cc1. The third-order valence-electron chi connectivity index (χ3n) is 3.35. The van der Waals surface area contributed by atoms with E-state index >= 15 is 0 Å². The van der Waals surface area contributed by atoms with E-state index < -0.39 is 5.79 Å². The summed E-state index contributed by atoms with van der Waals surface area (Å²) in [5.74, 6) is -0.896. The van der Waals surface area contributed by atoms with E-state index in [1.54, 1.807) is 14.2 Å². The van der Waals surface area contributed by atoms with Crippen LogP contribution in [-0.4, -0.2) is 21.3 Å². The van der Waals surface area contributed by atoms with E-state index in [1.165, 1.54) is 0 Å². The molecule has 0 spiro atoms. The molecule has 0 fully saturated rings. The lowest BCUT2D eigenvalue weighted by Gasteiger charge is -2.32. The molecule has 0 radical (unpaired) electrons. The van der Waals surface area contributed by atoms with E-state index in [-0.39, 0.29) is 0 Å². The molecular weight excluding hydrogens is 318 g/mol. The average molecular weight is 336 g/mol. The van der Waals surface area contributed by atoms with Crippen molar-refractivity contribution in [1.82, 2.24) is 0 Å². The second kappa shape index (κ2) is 6.39. The number of rotatable bonds is 5. The van der Waals surface area contributed by atoms with Crippen LogP contribution in [0, 0.1) is 0 Å². The largest absolute Gasteiger partial charge is 0.388 e. The van der Waals surface area contributed by atoms with Crippen LogP contribution in [0.1, 0.15) is 11.1 Å². The van der Waals surface area contributed by atoms with Gasteiger partial charge in [-0.2, -0.15) is 0 Å². The Kier molecular flexibility index (Phi) is 4.81. The average Bonchev–Trinajstić information content (AvgIpc) is 2.51. The standard InChI is InChI=1S/C16H18BrNO2/c1-18-15-10-6-13(7-11-15)16(19-2,20-3)12-4-8-14(17)9-5-12/h4-11,18H,1-3H3. The van der Waals surface area contributed by atoms with E-state index in [2.05, 4.69) is 21.2 Å². The summed E-state index contributed by atoms with van der Waals surface area (Å²) in [5, 5.41) is 3.10. The molecule has 0 aliphatic heterocycles. The minimum atomic E-state index is -0.896. The maximum absolute atomic E-state index is 5.71. The van der Waals surface area contributed by atoms with E-state index in [9.17, 15) is 0 Å². The molecule has 0 aliphatic rings. The smallest absolute Gasteiger partial charge is 0.221 e. The van der Waals surface area contributed by atoms with Crippen LogP contribution >= 0.6 is 15.9 Å². The monoisotopic (exact) mass is 335 g/mol. The maximum Gasteiger partial charge on any atom is 0.221 e. The van der Waals surface area contributed by atoms with E-state index in [0.717, 1.165) is 21.3 Å². The van der Waals surface area contributed by atoms with Gasteiger partial charge in [0.25, 0.3) is 0 Å². The van der Waals surface area contributed by atoms with E-state index in [0.29, 0.717) is 0 Å². The number of methoxy groups -OCH3 is 2. The van der Waals surface area contributed by atoms with Gasteiger partial charge in [-0.15, -0.1) is 0 Å². The fraction of sp³-hybridized carbons (Fsp3) is 0.250. The third-order valence-corrected chi connectivity index (χ3v) is 3.88. The first-order valence-corrected chi connectivity index (χ1v) is 7.10. The Morgan fingerprint density at radius 1 is 0.850 bits per heavy atom. The number of ether oxygens (including phenoxy) is 2. The van der Waals surface area contributed by atoms with Crippen LogP contribution in [0.15, 0.2) is 53.0 Å². The van der Waals surface area contributed by atoms with Gasteiger partial charge in [-0.25, -0.2) is 0 Å². The summed E-state index contributed by atoms with van der Waals surface area (Å²) >= 11 is 3.44. The molecule has 0 amide bonds. The molecule has 0 aliphatic carbocycles. The predicted molar refractivity (Wildman–Crippen MR) is 84.9 cm³/mol. The van der Waals surface area contributed by atoms with Gasteiger partial charge >= 0.3 is 0 Å². The van der Waals surface area contributed by atoms with Crippen molar-refractivity contribution in [2.75, 3.05) is 26.6 Å². The van der Waals surface area contributed by atoms with Gasteiger partial charge in [-0.1, -0.05) is 40.2 Å². The van der Waals surface area contributed by atoms with E-state index in [4.69, 9.17) is 9.47 Å². The zero-order valence-electron chi connectivity index (χ0n) is 11.8. The Morgan fingerprint density at radius 3 is 1.70 bits per heavy atom. The van der Waals surface area contributed by atoms with Crippen LogP contribution < -0.4 is 5.32 Å². The molecule has 0 saturated heterocycles. The predicted octanol–water partition coefficient (Wildman–Crippen LogP) is 3.98. The molecule has 0 atom stereocenters. The van der Waals surface area contributed by atoms with Crippen LogP contribution in [0.3, 0.4) is 0 Å². The van der Waals surface area contributed by atoms with Gasteiger partial charge in [0.2, 0.25) is 5.79 Å². The van der Waals surface area contributed by atoms with Crippen molar-refractivity contribution in [2.45, 2.75) is 5.79 Å². The molecule has 1 N–H and O–H groups in total. The minimum Gasteiger partial charge on any atom is -0.388 e. The minimum absolute atomic E-state index is 0.896. The molecule has 2 aromatic rings. The van der Waals surface area contributed by atoms with Gasteiger partial charge in [0.1, 0.15) is 0 Å². The van der Waals surface area contributed by atoms with Crippen molar-refractivity contribution in [1.29, 1.82) is 0 Å². The highest BCUT2D eigenvalue weighted by Crippen LogP contribution is 2.35. The summed E-state index contributed by atoms with van der Waals surface area (Å²) in [6, 6.07) is 15.9. The highest BCUT2D eigenvalue weighted by Gasteiger charge is 2.34. The van der Waals surface area contributed by atoms with Crippen molar-refractivity contribution in [2.24, 2.45) is 0 Å². The molecule has 4 heteroatoms. The summed E-state index contributed by atoms with van der Waals surface area (Å²) in [6.07, 6.45) is 0. The fourth-order valence-electron chi connectivity index (χ4n) is 2.25. The van der Waals surface area contributed by atoms with Crippen LogP contribution in [0.2, 0.25) is 0 Å². The fourth-order valence-corrected chi connectivity index (χ4v) is 2.51. The Balaban J connectivity index is 2.49. The van der Waals surface area contributed by atoms with Crippen molar-refractivity contribution < 1.29 is 9.47 Å². The number of anilines is 1. The van der Waals surface area contributed by atoms with Gasteiger partial charge in [0.15, 0.2) is 0 Å². The Labute approximate surface area is 128 Å². The normalized spacial score (nSPS) is 11.4. The van der Waals surface area contributed by atoms with Gasteiger partial charge < -0.3 is 14.8 Å². The molecule has 20 heavy (non-hydrogen) atoms. The molecular formula is C16H18BrNO2. The molecule has 0 unspecified atom stereocenters. The first kappa shape index (κ1) is 15.0. The summed E-state index contributed by atoms with van der Waals surface area (Å²) < 4.78 is 12.5. The number of nitrogens with one attached hydrogen (secondary N) is 1. The lowest BCUT2D eigenvalue weighted by atomic mass is 9.97. The van der Waals surface area contributed by atoms with Crippen LogP contribution in [0.5, 0.6) is 0 Å². The van der Waals surface area contributed by atoms with Gasteiger partial charge in [-0.3, -0.25) is 0 Å². The lowest BCUT2D eigenvalue weighted by Crippen LogP contribution is -2.32. The Morgan fingerprint density at radius 2 is 1.30 bits per heavy atom. The van der Waals surface area contributed by atoms with Gasteiger partial charge in [0.05, 0.1) is 0 Å². The molecule has 2 rings (SSSR count). The molecule has 0 saturated carbocycles. The summed E-state index contributed by atoms with van der Waals surface area (Å²) in [7, 11) is 5.19. The second-order valence-corrected chi connectivity index (χ2v) is 5.27. The van der Waals surface area contributed by atoms with Crippen molar-refractivity contribution >= 4 is 21.6 Å². The lowest BCUT2D eigenvalue weighted by molar-refractivity contribution is -0.183. The topological polar surface area (TPSA) is 30.5 Å². The summed E-state index contributed by atoms with van der Waals surface area (Å²) in [4.78, 5) is 0. The summed E-state index contributed by atoms with van der Waals surface area (Å²) in [6.45, 7) is 0. The second-order valence-electron chi connectivity index (χ2n) is 4.36. The Hall–Kier alpha value is -1.36. The first-order chi connectivity index (χ1) is 9.66. The van der Waals surface area contributed by atoms with Crippen molar-refractivity contribution in [3.8, 4) is 0 Å². The number of halogens is 1. The van der Waals surface area contributed by atoms with Crippen molar-refractivity contribution in [3.05, 3.63) is 64.1 Å². The number of hydrogen-bond donors (Lipinski definition) is 1. The molecule has 106 valence electrons. The first-order valence-electron chi connectivity index (χ1n) is 6.31. The molecule has 0 bridgehead atoms. The quantitative estimate of drug-likeness (QED) is 0.838. The zero-order chi connectivity index (χ0) is 14.6. The highest BCUT2D eigenvalue weighted by atomic mass is 79.9. The number of benzene rings is 2.